The van der Waals surface area contributed by atoms with Gasteiger partial charge in [0.15, 0.2) is 0 Å². The first-order valence-corrected chi connectivity index (χ1v) is 6.87. The normalized spacial score (nSPS) is 19.1. The van der Waals surface area contributed by atoms with E-state index in [1.807, 2.05) is 0 Å². The SMILES string of the molecule is CC(CO)CCCNCCCN1CCCC1. The van der Waals surface area contributed by atoms with Crippen LogP contribution in [-0.2, 0) is 0 Å². The van der Waals surface area contributed by atoms with Gasteiger partial charge in [0.1, 0.15) is 0 Å². The summed E-state index contributed by atoms with van der Waals surface area (Å²) < 4.78 is 0. The summed E-state index contributed by atoms with van der Waals surface area (Å²) in [5.41, 5.74) is 0. The van der Waals surface area contributed by atoms with Gasteiger partial charge in [0.25, 0.3) is 0 Å². The van der Waals surface area contributed by atoms with Gasteiger partial charge in [-0.25, -0.2) is 0 Å². The first kappa shape index (κ1) is 13.9. The second-order valence-electron chi connectivity index (χ2n) is 5.08. The topological polar surface area (TPSA) is 35.5 Å². The van der Waals surface area contributed by atoms with Crippen LogP contribution in [0.3, 0.4) is 0 Å². The molecule has 0 aliphatic carbocycles. The van der Waals surface area contributed by atoms with Gasteiger partial charge in [-0.3, -0.25) is 0 Å². The molecule has 1 rings (SSSR count). The van der Waals surface area contributed by atoms with Crippen LogP contribution < -0.4 is 5.32 Å². The maximum Gasteiger partial charge on any atom is 0.0456 e. The largest absolute Gasteiger partial charge is 0.396 e. The fraction of sp³-hybridized carbons (Fsp3) is 1.00. The van der Waals surface area contributed by atoms with Crippen LogP contribution in [0.2, 0.25) is 0 Å². The molecule has 0 aromatic heterocycles. The molecule has 2 N–H and O–H groups in total. The molecule has 1 unspecified atom stereocenters. The van der Waals surface area contributed by atoms with Crippen molar-refractivity contribution < 1.29 is 5.11 Å². The summed E-state index contributed by atoms with van der Waals surface area (Å²) in [7, 11) is 0. The van der Waals surface area contributed by atoms with E-state index in [2.05, 4.69) is 17.1 Å². The van der Waals surface area contributed by atoms with Gasteiger partial charge in [-0.15, -0.1) is 0 Å². The molecule has 16 heavy (non-hydrogen) atoms. The number of hydrogen-bond acceptors (Lipinski definition) is 3. The zero-order chi connectivity index (χ0) is 11.6. The predicted octanol–water partition coefficient (Wildman–Crippen LogP) is 1.47. The Morgan fingerprint density at radius 1 is 1.19 bits per heavy atom. The number of aliphatic hydroxyl groups is 1. The molecule has 0 radical (unpaired) electrons. The van der Waals surface area contributed by atoms with Gasteiger partial charge < -0.3 is 15.3 Å². The van der Waals surface area contributed by atoms with E-state index < -0.39 is 0 Å². The van der Waals surface area contributed by atoms with E-state index in [1.165, 1.54) is 45.3 Å². The van der Waals surface area contributed by atoms with Gasteiger partial charge in [-0.05, 0) is 70.7 Å². The monoisotopic (exact) mass is 228 g/mol. The number of aliphatic hydroxyl groups excluding tert-OH is 1. The van der Waals surface area contributed by atoms with Crippen LogP contribution in [0.1, 0.15) is 39.0 Å². The van der Waals surface area contributed by atoms with Crippen LogP contribution in [0.15, 0.2) is 0 Å². The molecule has 1 fully saturated rings. The molecular weight excluding hydrogens is 200 g/mol. The molecule has 1 heterocycles. The maximum atomic E-state index is 8.87. The minimum atomic E-state index is 0.328. The molecule has 3 heteroatoms. The van der Waals surface area contributed by atoms with Gasteiger partial charge in [0, 0.05) is 6.61 Å². The Morgan fingerprint density at radius 2 is 1.88 bits per heavy atom. The summed E-state index contributed by atoms with van der Waals surface area (Å²) in [5, 5.41) is 12.4. The Balaban J connectivity index is 1.77. The Hall–Kier alpha value is -0.120. The molecule has 0 saturated carbocycles. The van der Waals surface area contributed by atoms with Gasteiger partial charge >= 0.3 is 0 Å². The predicted molar refractivity (Wildman–Crippen MR) is 68.6 cm³/mol. The minimum absolute atomic E-state index is 0.328. The number of hydrogen-bond donors (Lipinski definition) is 2. The third-order valence-electron chi connectivity index (χ3n) is 3.39. The lowest BCUT2D eigenvalue weighted by molar-refractivity contribution is 0.228. The minimum Gasteiger partial charge on any atom is -0.396 e. The van der Waals surface area contributed by atoms with E-state index in [0.29, 0.717) is 12.5 Å². The van der Waals surface area contributed by atoms with E-state index in [9.17, 15) is 0 Å². The van der Waals surface area contributed by atoms with E-state index in [0.717, 1.165) is 19.5 Å². The summed E-state index contributed by atoms with van der Waals surface area (Å²) in [6.45, 7) is 8.57. The summed E-state index contributed by atoms with van der Waals surface area (Å²) in [5.74, 6) is 0.464. The Bertz CT molecular complexity index is 158. The van der Waals surface area contributed by atoms with Crippen molar-refractivity contribution in [3.8, 4) is 0 Å². The van der Waals surface area contributed by atoms with Crippen LogP contribution in [0.4, 0.5) is 0 Å². The highest BCUT2D eigenvalue weighted by Gasteiger charge is 2.09. The summed E-state index contributed by atoms with van der Waals surface area (Å²) in [6, 6.07) is 0. The van der Waals surface area contributed by atoms with Crippen molar-refractivity contribution in [2.24, 2.45) is 5.92 Å². The van der Waals surface area contributed by atoms with Gasteiger partial charge in [-0.2, -0.15) is 0 Å². The van der Waals surface area contributed by atoms with Crippen LogP contribution in [0.5, 0.6) is 0 Å². The standard InChI is InChI=1S/C13H28N2O/c1-13(12-16)6-4-7-14-8-5-11-15-9-2-3-10-15/h13-14,16H,2-12H2,1H3. The highest BCUT2D eigenvalue weighted by atomic mass is 16.3. The molecule has 3 nitrogen and oxygen atoms in total. The highest BCUT2D eigenvalue weighted by molar-refractivity contribution is 4.66. The number of nitrogens with zero attached hydrogens (tertiary/aromatic N) is 1. The van der Waals surface area contributed by atoms with Crippen LogP contribution in [-0.4, -0.2) is 49.3 Å². The van der Waals surface area contributed by atoms with E-state index in [-0.39, 0.29) is 0 Å². The van der Waals surface area contributed by atoms with Crippen LogP contribution in [0, 0.1) is 5.92 Å². The molecule has 0 aromatic rings. The molecule has 96 valence electrons. The Kier molecular flexibility index (Phi) is 7.81. The van der Waals surface area contributed by atoms with Crippen molar-refractivity contribution in [2.75, 3.05) is 39.3 Å². The number of rotatable bonds is 9. The quantitative estimate of drug-likeness (QED) is 0.587. The van der Waals surface area contributed by atoms with E-state index in [1.54, 1.807) is 0 Å². The van der Waals surface area contributed by atoms with Gasteiger partial charge in [0.2, 0.25) is 0 Å². The second-order valence-corrected chi connectivity index (χ2v) is 5.08. The molecule has 1 atom stereocenters. The fourth-order valence-electron chi connectivity index (χ4n) is 2.23. The van der Waals surface area contributed by atoms with Crippen molar-refractivity contribution in [2.45, 2.75) is 39.0 Å². The molecule has 0 spiro atoms. The van der Waals surface area contributed by atoms with Crippen molar-refractivity contribution in [3.63, 3.8) is 0 Å². The lowest BCUT2D eigenvalue weighted by atomic mass is 10.1. The fourth-order valence-corrected chi connectivity index (χ4v) is 2.23. The average molecular weight is 228 g/mol. The smallest absolute Gasteiger partial charge is 0.0456 e. The number of nitrogens with one attached hydrogen (secondary N) is 1. The average Bonchev–Trinajstić information content (AvgIpc) is 2.80. The molecule has 1 aliphatic heterocycles. The summed E-state index contributed by atoms with van der Waals surface area (Å²) >= 11 is 0. The van der Waals surface area contributed by atoms with Crippen molar-refractivity contribution in [1.29, 1.82) is 0 Å². The molecule has 1 saturated heterocycles. The maximum absolute atomic E-state index is 8.87. The van der Waals surface area contributed by atoms with Gasteiger partial charge in [0.05, 0.1) is 0 Å². The molecule has 0 amide bonds. The Morgan fingerprint density at radius 3 is 2.56 bits per heavy atom. The first-order valence-electron chi connectivity index (χ1n) is 6.87. The second kappa shape index (κ2) is 8.97. The molecule has 0 aromatic carbocycles. The zero-order valence-corrected chi connectivity index (χ0v) is 10.7. The van der Waals surface area contributed by atoms with Crippen LogP contribution >= 0.6 is 0 Å². The molecule has 1 aliphatic rings. The lowest BCUT2D eigenvalue weighted by Crippen LogP contribution is -2.25. The van der Waals surface area contributed by atoms with Crippen molar-refractivity contribution >= 4 is 0 Å². The summed E-state index contributed by atoms with van der Waals surface area (Å²) in [4.78, 5) is 2.56. The van der Waals surface area contributed by atoms with Crippen LogP contribution in [0.25, 0.3) is 0 Å². The van der Waals surface area contributed by atoms with E-state index >= 15 is 0 Å². The third kappa shape index (κ3) is 6.46. The van der Waals surface area contributed by atoms with Gasteiger partial charge in [-0.1, -0.05) is 6.92 Å². The Labute approximate surface area is 100 Å². The molecule has 0 bridgehead atoms. The highest BCUT2D eigenvalue weighted by Crippen LogP contribution is 2.07. The molecular formula is C13H28N2O. The number of likely N-dealkylation sites (tertiary alicyclic amines) is 1. The van der Waals surface area contributed by atoms with E-state index in [4.69, 9.17) is 5.11 Å². The third-order valence-corrected chi connectivity index (χ3v) is 3.39. The van der Waals surface area contributed by atoms with Crippen molar-refractivity contribution in [1.82, 2.24) is 10.2 Å². The van der Waals surface area contributed by atoms with Crippen molar-refractivity contribution in [3.05, 3.63) is 0 Å². The zero-order valence-electron chi connectivity index (χ0n) is 10.7. The lowest BCUT2D eigenvalue weighted by Gasteiger charge is -2.14. The summed E-state index contributed by atoms with van der Waals surface area (Å²) in [6.07, 6.45) is 6.38. The first-order chi connectivity index (χ1) is 7.83.